The van der Waals surface area contributed by atoms with E-state index >= 15 is 0 Å². The summed E-state index contributed by atoms with van der Waals surface area (Å²) in [7, 11) is -1.42. The Labute approximate surface area is 120 Å². The van der Waals surface area contributed by atoms with Crippen molar-refractivity contribution in [2.24, 2.45) is 0 Å². The lowest BCUT2D eigenvalue weighted by molar-refractivity contribution is 0.271. The average molecular weight is 269 g/mol. The van der Waals surface area contributed by atoms with Gasteiger partial charge in [-0.25, -0.2) is 0 Å². The van der Waals surface area contributed by atoms with Gasteiger partial charge in [0.05, 0.1) is 0 Å². The number of hydrogen-bond acceptors (Lipinski definition) is 3. The highest BCUT2D eigenvalue weighted by molar-refractivity contribution is 6.59. The minimum Gasteiger partial charge on any atom is -0.423 e. The smallest absolute Gasteiger partial charge is 0.423 e. The zero-order valence-electron chi connectivity index (χ0n) is 11.7. The second kappa shape index (κ2) is 7.24. The highest BCUT2D eigenvalue weighted by atomic mass is 16.4. The highest BCUT2D eigenvalue weighted by Crippen LogP contribution is 2.09. The molecule has 0 bridgehead atoms. The maximum absolute atomic E-state index is 9.42. The number of benzene rings is 2. The molecule has 0 amide bonds. The zero-order valence-corrected chi connectivity index (χ0v) is 11.7. The fourth-order valence-electron chi connectivity index (χ4n) is 2.29. The molecule has 2 aromatic rings. The average Bonchev–Trinajstić information content (AvgIpc) is 2.48. The van der Waals surface area contributed by atoms with Gasteiger partial charge in [-0.05, 0) is 23.1 Å². The summed E-state index contributed by atoms with van der Waals surface area (Å²) >= 11 is 0. The van der Waals surface area contributed by atoms with Crippen molar-refractivity contribution in [1.29, 1.82) is 0 Å². The summed E-state index contributed by atoms with van der Waals surface area (Å²) in [4.78, 5) is 2.27. The van der Waals surface area contributed by atoms with Gasteiger partial charge in [0.2, 0.25) is 0 Å². The Hall–Kier alpha value is -1.62. The summed E-state index contributed by atoms with van der Waals surface area (Å²) in [5.41, 5.74) is 2.80. The maximum atomic E-state index is 9.42. The molecule has 0 aliphatic carbocycles. The zero-order chi connectivity index (χ0) is 14.4. The van der Waals surface area contributed by atoms with Crippen molar-refractivity contribution < 1.29 is 10.0 Å². The summed E-state index contributed by atoms with van der Waals surface area (Å²) in [5, 5.41) is 18.8. The first-order valence-electron chi connectivity index (χ1n) is 6.91. The van der Waals surface area contributed by atoms with Crippen molar-refractivity contribution in [3.05, 3.63) is 65.7 Å². The third kappa shape index (κ3) is 3.94. The van der Waals surface area contributed by atoms with Crippen molar-refractivity contribution in [3.8, 4) is 0 Å². The van der Waals surface area contributed by atoms with Crippen molar-refractivity contribution in [3.63, 3.8) is 0 Å². The largest absolute Gasteiger partial charge is 0.488 e. The Morgan fingerprint density at radius 3 is 2.20 bits per heavy atom. The number of hydrogen-bond donors (Lipinski definition) is 2. The fraction of sp³-hybridized carbons (Fsp3) is 0.250. The van der Waals surface area contributed by atoms with Crippen LogP contribution in [0.1, 0.15) is 18.1 Å². The summed E-state index contributed by atoms with van der Waals surface area (Å²) in [6.45, 7) is 4.58. The lowest BCUT2D eigenvalue weighted by Gasteiger charge is -2.22. The molecule has 4 heteroatoms. The molecule has 104 valence electrons. The summed E-state index contributed by atoms with van der Waals surface area (Å²) in [6, 6.07) is 17.8. The first kappa shape index (κ1) is 14.8. The second-order valence-corrected chi connectivity index (χ2v) is 4.86. The molecule has 0 fully saturated rings. The van der Waals surface area contributed by atoms with Gasteiger partial charge in [-0.3, -0.25) is 4.90 Å². The molecule has 0 atom stereocenters. The highest BCUT2D eigenvalue weighted by Gasteiger charge is 2.16. The van der Waals surface area contributed by atoms with E-state index in [1.165, 1.54) is 5.56 Å². The van der Waals surface area contributed by atoms with Crippen molar-refractivity contribution in [1.82, 2.24) is 4.90 Å². The van der Waals surface area contributed by atoms with Gasteiger partial charge in [0.1, 0.15) is 0 Å². The van der Waals surface area contributed by atoms with Gasteiger partial charge in [-0.15, -0.1) is 0 Å². The monoisotopic (exact) mass is 269 g/mol. The first-order valence-corrected chi connectivity index (χ1v) is 6.91. The number of nitrogens with zero attached hydrogens (tertiary/aromatic N) is 1. The molecule has 2 rings (SSSR count). The molecule has 2 aromatic carbocycles. The van der Waals surface area contributed by atoms with Gasteiger partial charge in [-0.1, -0.05) is 61.5 Å². The lowest BCUT2D eigenvalue weighted by Crippen LogP contribution is -2.35. The predicted octanol–water partition coefficient (Wildman–Crippen LogP) is 1.39. The maximum Gasteiger partial charge on any atom is 0.488 e. The lowest BCUT2D eigenvalue weighted by atomic mass is 9.77. The molecule has 0 radical (unpaired) electrons. The van der Waals surface area contributed by atoms with E-state index in [1.807, 2.05) is 36.4 Å². The molecule has 0 heterocycles. The van der Waals surface area contributed by atoms with Crippen molar-refractivity contribution >= 4 is 12.6 Å². The topological polar surface area (TPSA) is 43.7 Å². The molecular weight excluding hydrogens is 249 g/mol. The molecule has 0 spiro atoms. The van der Waals surface area contributed by atoms with Crippen LogP contribution in [0.2, 0.25) is 0 Å². The standard InChI is InChI=1S/C16H20BNO2/c1-2-18(12-14-8-4-3-5-9-14)13-15-10-6-7-11-16(15)17(19)20/h3-11,19-20H,2,12-13H2,1H3. The number of rotatable bonds is 6. The van der Waals surface area contributed by atoms with Crippen LogP contribution in [0.25, 0.3) is 0 Å². The third-order valence-electron chi connectivity index (χ3n) is 3.42. The van der Waals surface area contributed by atoms with Crippen LogP contribution in [0, 0.1) is 0 Å². The molecular formula is C16H20BNO2. The summed E-state index contributed by atoms with van der Waals surface area (Å²) in [6.07, 6.45) is 0. The minimum absolute atomic E-state index is 0.582. The van der Waals surface area contributed by atoms with Gasteiger partial charge in [0.15, 0.2) is 0 Å². The molecule has 0 aromatic heterocycles. The second-order valence-electron chi connectivity index (χ2n) is 4.86. The SMILES string of the molecule is CCN(Cc1ccccc1)Cc1ccccc1B(O)O. The van der Waals surface area contributed by atoms with Gasteiger partial charge in [0.25, 0.3) is 0 Å². The summed E-state index contributed by atoms with van der Waals surface area (Å²) in [5.74, 6) is 0. The van der Waals surface area contributed by atoms with Gasteiger partial charge >= 0.3 is 7.12 Å². The van der Waals surface area contributed by atoms with Gasteiger partial charge < -0.3 is 10.0 Å². The third-order valence-corrected chi connectivity index (χ3v) is 3.42. The molecule has 0 aliphatic heterocycles. The molecule has 2 N–H and O–H groups in total. The first-order chi connectivity index (χ1) is 9.70. The van der Waals surface area contributed by atoms with Crippen LogP contribution >= 0.6 is 0 Å². The van der Waals surface area contributed by atoms with Crippen LogP contribution in [0.5, 0.6) is 0 Å². The molecule has 0 unspecified atom stereocenters. The van der Waals surface area contributed by atoms with Crippen LogP contribution in [-0.4, -0.2) is 28.6 Å². The summed E-state index contributed by atoms with van der Waals surface area (Å²) < 4.78 is 0. The normalized spacial score (nSPS) is 10.8. The quantitative estimate of drug-likeness (QED) is 0.779. The predicted molar refractivity (Wildman–Crippen MR) is 82.5 cm³/mol. The molecule has 0 aliphatic rings. The van der Waals surface area contributed by atoms with E-state index in [-0.39, 0.29) is 0 Å². The Kier molecular flexibility index (Phi) is 5.36. The Bertz CT molecular complexity index is 531. The van der Waals surface area contributed by atoms with Crippen molar-refractivity contribution in [2.45, 2.75) is 20.0 Å². The van der Waals surface area contributed by atoms with Gasteiger partial charge in [0, 0.05) is 13.1 Å². The molecule has 20 heavy (non-hydrogen) atoms. The minimum atomic E-state index is -1.42. The van der Waals surface area contributed by atoms with Crippen LogP contribution in [0.4, 0.5) is 0 Å². The molecule has 0 saturated carbocycles. The van der Waals surface area contributed by atoms with Gasteiger partial charge in [-0.2, -0.15) is 0 Å². The van der Waals surface area contributed by atoms with Crippen LogP contribution in [0.3, 0.4) is 0 Å². The molecule has 0 saturated heterocycles. The fourth-order valence-corrected chi connectivity index (χ4v) is 2.29. The van der Waals surface area contributed by atoms with E-state index in [0.717, 1.165) is 18.7 Å². The molecule has 3 nitrogen and oxygen atoms in total. The van der Waals surface area contributed by atoms with E-state index in [1.54, 1.807) is 6.07 Å². The van der Waals surface area contributed by atoms with Crippen LogP contribution in [-0.2, 0) is 13.1 Å². The van der Waals surface area contributed by atoms with Crippen molar-refractivity contribution in [2.75, 3.05) is 6.54 Å². The Morgan fingerprint density at radius 1 is 0.900 bits per heavy atom. The van der Waals surface area contributed by atoms with E-state index in [4.69, 9.17) is 0 Å². The van der Waals surface area contributed by atoms with E-state index in [2.05, 4.69) is 24.0 Å². The van der Waals surface area contributed by atoms with Crippen LogP contribution < -0.4 is 5.46 Å². The van der Waals surface area contributed by atoms with E-state index < -0.39 is 7.12 Å². The van der Waals surface area contributed by atoms with E-state index in [9.17, 15) is 10.0 Å². The Balaban J connectivity index is 2.11. The van der Waals surface area contributed by atoms with E-state index in [0.29, 0.717) is 12.0 Å². The van der Waals surface area contributed by atoms with Crippen LogP contribution in [0.15, 0.2) is 54.6 Å². The Morgan fingerprint density at radius 2 is 1.55 bits per heavy atom.